The van der Waals surface area contributed by atoms with Gasteiger partial charge in [-0.2, -0.15) is 0 Å². The Morgan fingerprint density at radius 2 is 2.17 bits per heavy atom. The molecule has 18 heavy (non-hydrogen) atoms. The van der Waals surface area contributed by atoms with E-state index in [0.29, 0.717) is 19.5 Å². The first-order valence-electron chi connectivity index (χ1n) is 5.96. The fourth-order valence-corrected chi connectivity index (χ4v) is 1.83. The molecule has 1 saturated heterocycles. The fourth-order valence-electron chi connectivity index (χ4n) is 1.83. The quantitative estimate of drug-likeness (QED) is 0.636. The number of carboxylic acid groups (broad SMARTS) is 1. The average molecular weight is 257 g/mol. The molecule has 2 atom stereocenters. The minimum absolute atomic E-state index is 0.0753. The number of hydrogen-bond donors (Lipinski definition) is 3. The zero-order valence-corrected chi connectivity index (χ0v) is 10.4. The molecule has 1 aliphatic rings. The molecule has 2 unspecified atom stereocenters. The second kappa shape index (κ2) is 6.23. The van der Waals surface area contributed by atoms with Gasteiger partial charge in [0.1, 0.15) is 0 Å². The molecule has 1 heterocycles. The minimum Gasteiger partial charge on any atom is -0.481 e. The van der Waals surface area contributed by atoms with E-state index in [9.17, 15) is 14.4 Å². The Bertz CT molecular complexity index is 345. The van der Waals surface area contributed by atoms with Gasteiger partial charge in [0.05, 0.1) is 11.8 Å². The van der Waals surface area contributed by atoms with Crippen LogP contribution in [-0.2, 0) is 9.59 Å². The fraction of sp³-hybridized carbons (Fsp3) is 0.727. The van der Waals surface area contributed by atoms with Crippen molar-refractivity contribution in [3.05, 3.63) is 0 Å². The number of aliphatic carboxylic acids is 1. The van der Waals surface area contributed by atoms with Gasteiger partial charge >= 0.3 is 12.0 Å². The number of amides is 3. The Kier molecular flexibility index (Phi) is 4.94. The van der Waals surface area contributed by atoms with Gasteiger partial charge in [-0.25, -0.2) is 4.79 Å². The van der Waals surface area contributed by atoms with E-state index in [1.807, 2.05) is 0 Å². The molecule has 0 spiro atoms. The average Bonchev–Trinajstić information content (AvgIpc) is 2.35. The van der Waals surface area contributed by atoms with Gasteiger partial charge in [0.15, 0.2) is 0 Å². The number of carbonyl (C=O) groups is 3. The Balaban J connectivity index is 2.42. The first-order valence-corrected chi connectivity index (χ1v) is 5.96. The Morgan fingerprint density at radius 3 is 2.72 bits per heavy atom. The third kappa shape index (κ3) is 3.90. The summed E-state index contributed by atoms with van der Waals surface area (Å²) in [5, 5.41) is 11.2. The highest BCUT2D eigenvalue weighted by Crippen LogP contribution is 2.15. The zero-order chi connectivity index (χ0) is 13.7. The molecule has 0 aromatic rings. The van der Waals surface area contributed by atoms with Crippen molar-refractivity contribution in [3.8, 4) is 0 Å². The van der Waals surface area contributed by atoms with Crippen LogP contribution in [0.3, 0.4) is 0 Å². The Morgan fingerprint density at radius 1 is 1.50 bits per heavy atom. The van der Waals surface area contributed by atoms with E-state index < -0.39 is 17.8 Å². The van der Waals surface area contributed by atoms with E-state index in [1.54, 1.807) is 0 Å². The van der Waals surface area contributed by atoms with Gasteiger partial charge < -0.3 is 21.1 Å². The molecule has 1 fully saturated rings. The summed E-state index contributed by atoms with van der Waals surface area (Å²) in [7, 11) is 0. The second-order valence-electron chi connectivity index (χ2n) is 4.61. The molecule has 3 amide bonds. The summed E-state index contributed by atoms with van der Waals surface area (Å²) in [6, 6.07) is -0.339. The van der Waals surface area contributed by atoms with Gasteiger partial charge in [0.25, 0.3) is 0 Å². The molecular weight excluding hydrogens is 238 g/mol. The van der Waals surface area contributed by atoms with Gasteiger partial charge in [-0.05, 0) is 12.8 Å². The van der Waals surface area contributed by atoms with Crippen molar-refractivity contribution in [2.24, 2.45) is 17.6 Å². The molecule has 1 rings (SSSR count). The predicted octanol–water partition coefficient (Wildman–Crippen LogP) is -0.386. The lowest BCUT2D eigenvalue weighted by atomic mass is 9.98. The van der Waals surface area contributed by atoms with Gasteiger partial charge in [-0.1, -0.05) is 6.92 Å². The van der Waals surface area contributed by atoms with Gasteiger partial charge in [-0.15, -0.1) is 0 Å². The molecule has 0 aromatic heterocycles. The molecule has 0 radical (unpaired) electrons. The van der Waals surface area contributed by atoms with E-state index in [4.69, 9.17) is 10.8 Å². The zero-order valence-electron chi connectivity index (χ0n) is 10.4. The van der Waals surface area contributed by atoms with E-state index in [1.165, 1.54) is 11.8 Å². The van der Waals surface area contributed by atoms with Crippen LogP contribution in [0.4, 0.5) is 4.79 Å². The summed E-state index contributed by atoms with van der Waals surface area (Å²) in [5.41, 5.74) is 5.22. The molecular formula is C11H19N3O4. The summed E-state index contributed by atoms with van der Waals surface area (Å²) in [4.78, 5) is 34.9. The number of carboxylic acids is 1. The first-order chi connectivity index (χ1) is 8.41. The molecule has 102 valence electrons. The largest absolute Gasteiger partial charge is 0.481 e. The summed E-state index contributed by atoms with van der Waals surface area (Å²) < 4.78 is 0. The van der Waals surface area contributed by atoms with Crippen LogP contribution < -0.4 is 11.1 Å². The lowest BCUT2D eigenvalue weighted by Gasteiger charge is -2.31. The minimum atomic E-state index is -0.955. The lowest BCUT2D eigenvalue weighted by Crippen LogP contribution is -2.49. The van der Waals surface area contributed by atoms with Crippen LogP contribution in [0.5, 0.6) is 0 Å². The van der Waals surface area contributed by atoms with E-state index in [-0.39, 0.29) is 18.5 Å². The van der Waals surface area contributed by atoms with Crippen molar-refractivity contribution in [1.82, 2.24) is 10.2 Å². The van der Waals surface area contributed by atoms with Crippen molar-refractivity contribution in [1.29, 1.82) is 0 Å². The van der Waals surface area contributed by atoms with Gasteiger partial charge in [0.2, 0.25) is 5.91 Å². The van der Waals surface area contributed by atoms with Crippen molar-refractivity contribution in [2.75, 3.05) is 19.6 Å². The summed E-state index contributed by atoms with van der Waals surface area (Å²) in [6.07, 6.45) is 1.43. The number of nitrogens with two attached hydrogens (primary N) is 1. The van der Waals surface area contributed by atoms with E-state index in [2.05, 4.69) is 5.32 Å². The summed E-state index contributed by atoms with van der Waals surface area (Å²) in [6.45, 7) is 2.47. The molecule has 7 heteroatoms. The topological polar surface area (TPSA) is 113 Å². The summed E-state index contributed by atoms with van der Waals surface area (Å²) >= 11 is 0. The number of urea groups is 1. The van der Waals surface area contributed by atoms with Crippen molar-refractivity contribution >= 4 is 17.9 Å². The van der Waals surface area contributed by atoms with Gasteiger partial charge in [0, 0.05) is 19.6 Å². The van der Waals surface area contributed by atoms with Crippen LogP contribution in [-0.4, -0.2) is 47.5 Å². The molecule has 0 aromatic carbocycles. The number of carbonyl (C=O) groups excluding carboxylic acids is 2. The molecule has 7 nitrogen and oxygen atoms in total. The molecule has 1 aliphatic heterocycles. The Labute approximate surface area is 105 Å². The third-order valence-corrected chi connectivity index (χ3v) is 3.09. The van der Waals surface area contributed by atoms with Crippen LogP contribution >= 0.6 is 0 Å². The highest BCUT2D eigenvalue weighted by Gasteiger charge is 2.27. The van der Waals surface area contributed by atoms with Crippen LogP contribution in [0.1, 0.15) is 19.8 Å². The van der Waals surface area contributed by atoms with Crippen LogP contribution in [0.15, 0.2) is 0 Å². The smallest absolute Gasteiger partial charge is 0.317 e. The normalized spacial score (nSPS) is 21.2. The maximum absolute atomic E-state index is 11.8. The molecule has 4 N–H and O–H groups in total. The monoisotopic (exact) mass is 257 g/mol. The Hall–Kier alpha value is -1.79. The van der Waals surface area contributed by atoms with Crippen LogP contribution in [0.2, 0.25) is 0 Å². The highest BCUT2D eigenvalue weighted by atomic mass is 16.4. The number of likely N-dealkylation sites (tertiary alicyclic amines) is 1. The number of piperidine rings is 1. The molecule has 0 saturated carbocycles. The van der Waals surface area contributed by atoms with Crippen molar-refractivity contribution in [3.63, 3.8) is 0 Å². The second-order valence-corrected chi connectivity index (χ2v) is 4.61. The van der Waals surface area contributed by atoms with E-state index >= 15 is 0 Å². The number of rotatable bonds is 4. The summed E-state index contributed by atoms with van der Waals surface area (Å²) in [5.74, 6) is -2.29. The SMILES string of the molecule is CC(CNC(=O)N1CCCC(C(N)=O)C1)C(=O)O. The molecule has 0 aliphatic carbocycles. The standard InChI is InChI=1S/C11H19N3O4/c1-7(10(16)17)5-13-11(18)14-4-2-3-8(6-14)9(12)15/h7-8H,2-6H2,1H3,(H2,12,15)(H,13,18)(H,16,17). The predicted molar refractivity (Wildman–Crippen MR) is 63.7 cm³/mol. The van der Waals surface area contributed by atoms with E-state index in [0.717, 1.165) is 6.42 Å². The number of hydrogen-bond acceptors (Lipinski definition) is 3. The maximum Gasteiger partial charge on any atom is 0.317 e. The first kappa shape index (κ1) is 14.3. The van der Waals surface area contributed by atoms with Crippen molar-refractivity contribution in [2.45, 2.75) is 19.8 Å². The van der Waals surface area contributed by atoms with Gasteiger partial charge in [-0.3, -0.25) is 9.59 Å². The number of nitrogens with one attached hydrogen (secondary N) is 1. The lowest BCUT2D eigenvalue weighted by molar-refractivity contribution is -0.140. The number of nitrogens with zero attached hydrogens (tertiary/aromatic N) is 1. The van der Waals surface area contributed by atoms with Crippen LogP contribution in [0, 0.1) is 11.8 Å². The number of primary amides is 1. The molecule has 0 bridgehead atoms. The van der Waals surface area contributed by atoms with Crippen LogP contribution in [0.25, 0.3) is 0 Å². The maximum atomic E-state index is 11.8. The van der Waals surface area contributed by atoms with Crippen molar-refractivity contribution < 1.29 is 19.5 Å². The third-order valence-electron chi connectivity index (χ3n) is 3.09. The highest BCUT2D eigenvalue weighted by molar-refractivity contribution is 5.79.